The number of aryl methyl sites for hydroxylation is 2. The summed E-state index contributed by atoms with van der Waals surface area (Å²) in [4.78, 5) is 3.88. The van der Waals surface area contributed by atoms with E-state index in [0.29, 0.717) is 0 Å². The predicted octanol–water partition coefficient (Wildman–Crippen LogP) is 3.41. The zero-order chi connectivity index (χ0) is 11.7. The SMILES string of the molecule is C=C(NC1NC=C(C)S1)c1sc(C)cc1C. The topological polar surface area (TPSA) is 24.1 Å². The number of thiophene rings is 1. The van der Waals surface area contributed by atoms with Crippen molar-refractivity contribution < 1.29 is 0 Å². The molecule has 2 rings (SSSR count). The molecular formula is C12H16N2S2. The first kappa shape index (κ1) is 11.6. The van der Waals surface area contributed by atoms with Crippen molar-refractivity contribution in [3.63, 3.8) is 0 Å². The van der Waals surface area contributed by atoms with Gasteiger partial charge in [-0.15, -0.1) is 11.3 Å². The highest BCUT2D eigenvalue weighted by Crippen LogP contribution is 2.29. The van der Waals surface area contributed by atoms with E-state index in [0.717, 1.165) is 5.70 Å². The molecule has 1 aliphatic heterocycles. The lowest BCUT2D eigenvalue weighted by molar-refractivity contribution is 0.739. The molecule has 2 nitrogen and oxygen atoms in total. The van der Waals surface area contributed by atoms with Gasteiger partial charge in [0.1, 0.15) is 5.50 Å². The van der Waals surface area contributed by atoms with Gasteiger partial charge in [-0.1, -0.05) is 18.3 Å². The van der Waals surface area contributed by atoms with E-state index in [4.69, 9.17) is 0 Å². The van der Waals surface area contributed by atoms with Crippen LogP contribution in [0.2, 0.25) is 0 Å². The lowest BCUT2D eigenvalue weighted by Crippen LogP contribution is -2.32. The molecule has 1 aromatic rings. The number of allylic oxidation sites excluding steroid dienone is 1. The molecule has 0 spiro atoms. The molecule has 0 bridgehead atoms. The molecule has 0 aromatic carbocycles. The molecule has 4 heteroatoms. The van der Waals surface area contributed by atoms with E-state index in [1.54, 1.807) is 23.1 Å². The zero-order valence-corrected chi connectivity index (χ0v) is 11.4. The maximum atomic E-state index is 4.11. The molecule has 1 aliphatic rings. The van der Waals surface area contributed by atoms with Gasteiger partial charge in [-0.25, -0.2) is 0 Å². The van der Waals surface area contributed by atoms with Gasteiger partial charge in [0.2, 0.25) is 0 Å². The molecule has 1 aromatic heterocycles. The van der Waals surface area contributed by atoms with E-state index in [-0.39, 0.29) is 5.50 Å². The summed E-state index contributed by atoms with van der Waals surface area (Å²) in [5.41, 5.74) is 2.52. The summed E-state index contributed by atoms with van der Waals surface area (Å²) < 4.78 is 0. The highest BCUT2D eigenvalue weighted by molar-refractivity contribution is 8.03. The normalized spacial score (nSPS) is 19.2. The van der Waals surface area contributed by atoms with Crippen molar-refractivity contribution in [2.45, 2.75) is 26.3 Å². The highest BCUT2D eigenvalue weighted by atomic mass is 32.2. The molecule has 0 amide bonds. The average Bonchev–Trinajstić information content (AvgIpc) is 2.73. The Hall–Kier alpha value is -0.870. The van der Waals surface area contributed by atoms with Gasteiger partial charge in [0, 0.05) is 21.7 Å². The van der Waals surface area contributed by atoms with E-state index >= 15 is 0 Å². The van der Waals surface area contributed by atoms with Gasteiger partial charge in [-0.05, 0) is 32.4 Å². The van der Waals surface area contributed by atoms with Crippen LogP contribution in [0.1, 0.15) is 22.2 Å². The fraction of sp³-hybridized carbons (Fsp3) is 0.333. The third-order valence-electron chi connectivity index (χ3n) is 2.36. The second kappa shape index (κ2) is 4.55. The van der Waals surface area contributed by atoms with Crippen LogP contribution >= 0.6 is 23.1 Å². The molecule has 1 unspecified atom stereocenters. The molecule has 0 radical (unpaired) electrons. The monoisotopic (exact) mass is 252 g/mol. The molecule has 16 heavy (non-hydrogen) atoms. The quantitative estimate of drug-likeness (QED) is 0.862. The third-order valence-corrected chi connectivity index (χ3v) is 4.55. The van der Waals surface area contributed by atoms with Gasteiger partial charge in [-0.2, -0.15) is 0 Å². The second-order valence-corrected chi connectivity index (χ2v) is 6.52. The van der Waals surface area contributed by atoms with Gasteiger partial charge >= 0.3 is 0 Å². The van der Waals surface area contributed by atoms with Crippen molar-refractivity contribution in [3.05, 3.63) is 39.1 Å². The van der Waals surface area contributed by atoms with Crippen molar-refractivity contribution in [1.29, 1.82) is 0 Å². The molecule has 2 heterocycles. The summed E-state index contributed by atoms with van der Waals surface area (Å²) in [5, 5.41) is 6.66. The van der Waals surface area contributed by atoms with Gasteiger partial charge < -0.3 is 10.6 Å². The Kier molecular flexibility index (Phi) is 3.30. The van der Waals surface area contributed by atoms with Crippen LogP contribution in [-0.4, -0.2) is 5.50 Å². The summed E-state index contributed by atoms with van der Waals surface area (Å²) in [6.07, 6.45) is 2.03. The Labute approximate surface area is 105 Å². The first-order valence-electron chi connectivity index (χ1n) is 5.18. The van der Waals surface area contributed by atoms with E-state index in [1.807, 2.05) is 6.20 Å². The highest BCUT2D eigenvalue weighted by Gasteiger charge is 2.16. The van der Waals surface area contributed by atoms with E-state index in [2.05, 4.69) is 44.1 Å². The molecule has 86 valence electrons. The lowest BCUT2D eigenvalue weighted by atomic mass is 10.2. The first-order valence-corrected chi connectivity index (χ1v) is 6.88. The molecule has 2 N–H and O–H groups in total. The van der Waals surface area contributed by atoms with E-state index in [1.165, 1.54) is 20.2 Å². The summed E-state index contributed by atoms with van der Waals surface area (Å²) in [5.74, 6) is 0. The largest absolute Gasteiger partial charge is 0.362 e. The maximum Gasteiger partial charge on any atom is 0.149 e. The number of nitrogens with one attached hydrogen (secondary N) is 2. The van der Waals surface area contributed by atoms with Crippen LogP contribution in [0.25, 0.3) is 5.70 Å². The molecule has 0 aliphatic carbocycles. The minimum absolute atomic E-state index is 0.217. The van der Waals surface area contributed by atoms with Crippen molar-refractivity contribution in [2.75, 3.05) is 0 Å². The number of rotatable bonds is 3. The minimum Gasteiger partial charge on any atom is -0.362 e. The predicted molar refractivity (Wildman–Crippen MR) is 74.2 cm³/mol. The van der Waals surface area contributed by atoms with Crippen molar-refractivity contribution in [1.82, 2.24) is 10.6 Å². The zero-order valence-electron chi connectivity index (χ0n) is 9.76. The fourth-order valence-corrected chi connectivity index (χ4v) is 3.49. The van der Waals surface area contributed by atoms with Gasteiger partial charge in [0.25, 0.3) is 0 Å². The molecular weight excluding hydrogens is 236 g/mol. The summed E-state index contributed by atoms with van der Waals surface area (Å²) in [6.45, 7) is 10.5. The van der Waals surface area contributed by atoms with Crippen LogP contribution in [0, 0.1) is 13.8 Å². The molecule has 0 saturated heterocycles. The molecule has 0 saturated carbocycles. The summed E-state index contributed by atoms with van der Waals surface area (Å²) in [6, 6.07) is 2.20. The summed E-state index contributed by atoms with van der Waals surface area (Å²) >= 11 is 3.57. The van der Waals surface area contributed by atoms with Gasteiger partial charge in [-0.3, -0.25) is 0 Å². The molecule has 1 atom stereocenters. The lowest BCUT2D eigenvalue weighted by Gasteiger charge is -2.16. The minimum atomic E-state index is 0.217. The van der Waals surface area contributed by atoms with Gasteiger partial charge in [0.15, 0.2) is 0 Å². The number of thioether (sulfide) groups is 1. The van der Waals surface area contributed by atoms with Crippen LogP contribution in [0.4, 0.5) is 0 Å². The van der Waals surface area contributed by atoms with Crippen LogP contribution < -0.4 is 10.6 Å². The first-order chi connectivity index (χ1) is 7.56. The third kappa shape index (κ3) is 2.44. The average molecular weight is 252 g/mol. The van der Waals surface area contributed by atoms with Crippen LogP contribution in [-0.2, 0) is 0 Å². The Morgan fingerprint density at radius 1 is 1.44 bits per heavy atom. The fourth-order valence-electron chi connectivity index (χ4n) is 1.68. The van der Waals surface area contributed by atoms with E-state index < -0.39 is 0 Å². The van der Waals surface area contributed by atoms with Gasteiger partial charge in [0.05, 0.1) is 4.88 Å². The molecule has 0 fully saturated rings. The smallest absolute Gasteiger partial charge is 0.149 e. The van der Waals surface area contributed by atoms with Crippen molar-refractivity contribution >= 4 is 28.8 Å². The summed E-state index contributed by atoms with van der Waals surface area (Å²) in [7, 11) is 0. The standard InChI is InChI=1S/C12H16N2S2/c1-7-5-8(2)15-11(7)10(4)14-12-13-6-9(3)16-12/h5-6,12-14H,4H2,1-3H3. The van der Waals surface area contributed by atoms with Crippen molar-refractivity contribution in [3.8, 4) is 0 Å². The number of hydrogen-bond donors (Lipinski definition) is 2. The second-order valence-electron chi connectivity index (χ2n) is 3.91. The Morgan fingerprint density at radius 2 is 2.19 bits per heavy atom. The van der Waals surface area contributed by atoms with E-state index in [9.17, 15) is 0 Å². The Morgan fingerprint density at radius 3 is 2.69 bits per heavy atom. The van der Waals surface area contributed by atoms with Crippen LogP contribution in [0.5, 0.6) is 0 Å². The number of hydrogen-bond acceptors (Lipinski definition) is 4. The van der Waals surface area contributed by atoms with Crippen molar-refractivity contribution in [2.24, 2.45) is 0 Å². The maximum absolute atomic E-state index is 4.11. The Bertz CT molecular complexity index is 446. The Balaban J connectivity index is 2.01. The van der Waals surface area contributed by atoms with Crippen LogP contribution in [0.15, 0.2) is 23.8 Å². The van der Waals surface area contributed by atoms with Crippen LogP contribution in [0.3, 0.4) is 0 Å².